The van der Waals surface area contributed by atoms with Gasteiger partial charge in [0.05, 0.1) is 12.8 Å². The molecule has 2 aliphatic rings. The summed E-state index contributed by atoms with van der Waals surface area (Å²) in [5.74, 6) is -0.482. The van der Waals surface area contributed by atoms with Gasteiger partial charge in [0.2, 0.25) is 10.0 Å². The van der Waals surface area contributed by atoms with Crippen LogP contribution >= 0.6 is 0 Å². The van der Waals surface area contributed by atoms with Crippen molar-refractivity contribution in [2.45, 2.75) is 36.6 Å². The molecule has 0 spiro atoms. The van der Waals surface area contributed by atoms with Gasteiger partial charge in [-0.1, -0.05) is 12.1 Å². The topological polar surface area (TPSA) is 66.9 Å². The number of anilines is 1. The SMILES string of the molecule is COC(=O)C1CCCN1S(=O)(=O)c1ccccc1N1CCCC1. The molecule has 0 bridgehead atoms. The summed E-state index contributed by atoms with van der Waals surface area (Å²) in [6.45, 7) is 2.09. The van der Waals surface area contributed by atoms with Crippen molar-refractivity contribution >= 4 is 21.7 Å². The zero-order valence-corrected chi connectivity index (χ0v) is 14.1. The summed E-state index contributed by atoms with van der Waals surface area (Å²) >= 11 is 0. The third-order valence-electron chi connectivity index (χ3n) is 4.58. The number of rotatable bonds is 4. The molecule has 2 fully saturated rings. The van der Waals surface area contributed by atoms with Crippen LogP contribution in [0.3, 0.4) is 0 Å². The van der Waals surface area contributed by atoms with Crippen LogP contribution in [-0.2, 0) is 19.6 Å². The molecule has 23 heavy (non-hydrogen) atoms. The summed E-state index contributed by atoms with van der Waals surface area (Å²) in [4.78, 5) is 14.3. The molecule has 0 N–H and O–H groups in total. The number of nitrogens with zero attached hydrogens (tertiary/aromatic N) is 2. The number of hydrogen-bond acceptors (Lipinski definition) is 5. The van der Waals surface area contributed by atoms with Gasteiger partial charge in [-0.25, -0.2) is 8.42 Å². The molecule has 0 saturated carbocycles. The minimum atomic E-state index is -3.72. The number of carbonyl (C=O) groups is 1. The van der Waals surface area contributed by atoms with E-state index >= 15 is 0 Å². The zero-order valence-electron chi connectivity index (χ0n) is 13.3. The van der Waals surface area contributed by atoms with Crippen LogP contribution in [0, 0.1) is 0 Å². The Morgan fingerprint density at radius 2 is 1.83 bits per heavy atom. The van der Waals surface area contributed by atoms with Crippen molar-refractivity contribution in [3.63, 3.8) is 0 Å². The van der Waals surface area contributed by atoms with E-state index in [9.17, 15) is 13.2 Å². The highest BCUT2D eigenvalue weighted by molar-refractivity contribution is 7.89. The third-order valence-corrected chi connectivity index (χ3v) is 6.53. The maximum absolute atomic E-state index is 13.1. The molecule has 2 heterocycles. The average Bonchev–Trinajstić information content (AvgIpc) is 3.25. The molecule has 0 amide bonds. The molecule has 1 aromatic rings. The van der Waals surface area contributed by atoms with Gasteiger partial charge >= 0.3 is 5.97 Å². The quantitative estimate of drug-likeness (QED) is 0.781. The van der Waals surface area contributed by atoms with Crippen molar-refractivity contribution in [3.8, 4) is 0 Å². The molecule has 7 heteroatoms. The van der Waals surface area contributed by atoms with Crippen LogP contribution in [0.1, 0.15) is 25.7 Å². The number of carbonyl (C=O) groups excluding carboxylic acids is 1. The second kappa shape index (κ2) is 6.49. The number of methoxy groups -OCH3 is 1. The predicted octanol–water partition coefficient (Wildman–Crippen LogP) is 1.61. The van der Waals surface area contributed by atoms with Gasteiger partial charge in [-0.3, -0.25) is 4.79 Å². The first-order valence-electron chi connectivity index (χ1n) is 7.99. The second-order valence-electron chi connectivity index (χ2n) is 5.96. The van der Waals surface area contributed by atoms with Crippen molar-refractivity contribution in [2.24, 2.45) is 0 Å². The number of para-hydroxylation sites is 1. The number of sulfonamides is 1. The largest absolute Gasteiger partial charge is 0.468 e. The van der Waals surface area contributed by atoms with E-state index in [2.05, 4.69) is 4.90 Å². The van der Waals surface area contributed by atoms with Gasteiger partial charge in [0.1, 0.15) is 10.9 Å². The van der Waals surface area contributed by atoms with Crippen molar-refractivity contribution < 1.29 is 17.9 Å². The molecule has 2 saturated heterocycles. The summed E-state index contributed by atoms with van der Waals surface area (Å²) in [7, 11) is -2.42. The molecule has 1 aromatic carbocycles. The Kier molecular flexibility index (Phi) is 4.59. The van der Waals surface area contributed by atoms with Crippen LogP contribution < -0.4 is 4.90 Å². The lowest BCUT2D eigenvalue weighted by atomic mass is 10.2. The Hall–Kier alpha value is -1.60. The smallest absolute Gasteiger partial charge is 0.324 e. The van der Waals surface area contributed by atoms with Crippen LogP contribution in [0.5, 0.6) is 0 Å². The van der Waals surface area contributed by atoms with E-state index in [0.29, 0.717) is 19.4 Å². The molecule has 6 nitrogen and oxygen atoms in total. The summed E-state index contributed by atoms with van der Waals surface area (Å²) in [5, 5.41) is 0. The lowest BCUT2D eigenvalue weighted by Crippen LogP contribution is -2.41. The minimum Gasteiger partial charge on any atom is -0.468 e. The lowest BCUT2D eigenvalue weighted by molar-refractivity contribution is -0.144. The van der Waals surface area contributed by atoms with Crippen molar-refractivity contribution in [1.29, 1.82) is 0 Å². The third kappa shape index (κ3) is 2.95. The van der Waals surface area contributed by atoms with E-state index in [1.807, 2.05) is 12.1 Å². The fraction of sp³-hybridized carbons (Fsp3) is 0.562. The fourth-order valence-corrected chi connectivity index (χ4v) is 5.28. The van der Waals surface area contributed by atoms with E-state index in [0.717, 1.165) is 31.6 Å². The van der Waals surface area contributed by atoms with Gasteiger partial charge in [0.15, 0.2) is 0 Å². The Morgan fingerprint density at radius 3 is 2.52 bits per heavy atom. The molecule has 0 aliphatic carbocycles. The monoisotopic (exact) mass is 338 g/mol. The van der Waals surface area contributed by atoms with Crippen LogP contribution in [0.4, 0.5) is 5.69 Å². The van der Waals surface area contributed by atoms with Crippen LogP contribution in [0.25, 0.3) is 0 Å². The second-order valence-corrected chi connectivity index (χ2v) is 7.82. The normalized spacial score (nSPS) is 22.5. The van der Waals surface area contributed by atoms with Gasteiger partial charge in [0, 0.05) is 19.6 Å². The predicted molar refractivity (Wildman–Crippen MR) is 86.8 cm³/mol. The number of esters is 1. The first-order chi connectivity index (χ1) is 11.1. The number of hydrogen-bond donors (Lipinski definition) is 0. The summed E-state index contributed by atoms with van der Waals surface area (Å²) in [6.07, 6.45) is 3.33. The summed E-state index contributed by atoms with van der Waals surface area (Å²) in [5.41, 5.74) is 0.737. The maximum Gasteiger partial charge on any atom is 0.324 e. The Labute approximate surface area is 137 Å². The fourth-order valence-electron chi connectivity index (χ4n) is 3.42. The maximum atomic E-state index is 13.1. The Balaban J connectivity index is 1.98. The average molecular weight is 338 g/mol. The van der Waals surface area contributed by atoms with Crippen LogP contribution in [0.15, 0.2) is 29.2 Å². The van der Waals surface area contributed by atoms with Crippen LogP contribution in [-0.4, -0.2) is 51.5 Å². The standard InChI is InChI=1S/C16H22N2O4S/c1-22-16(19)14-8-6-12-18(14)23(20,21)15-9-3-2-7-13(15)17-10-4-5-11-17/h2-3,7,9,14H,4-6,8,10-12H2,1H3. The number of benzene rings is 1. The Bertz CT molecular complexity index is 683. The molecule has 3 rings (SSSR count). The number of ether oxygens (including phenoxy) is 1. The van der Waals surface area contributed by atoms with E-state index in [1.54, 1.807) is 12.1 Å². The van der Waals surface area contributed by atoms with E-state index in [1.165, 1.54) is 11.4 Å². The zero-order chi connectivity index (χ0) is 16.4. The highest BCUT2D eigenvalue weighted by Gasteiger charge is 2.41. The first kappa shape index (κ1) is 16.3. The first-order valence-corrected chi connectivity index (χ1v) is 9.43. The lowest BCUT2D eigenvalue weighted by Gasteiger charge is -2.26. The van der Waals surface area contributed by atoms with Crippen LogP contribution in [0.2, 0.25) is 0 Å². The molecular formula is C16H22N2O4S. The molecule has 0 radical (unpaired) electrons. The highest BCUT2D eigenvalue weighted by Crippen LogP contribution is 2.33. The van der Waals surface area contributed by atoms with Gasteiger partial charge in [-0.05, 0) is 37.8 Å². The van der Waals surface area contributed by atoms with Gasteiger partial charge < -0.3 is 9.64 Å². The summed E-state index contributed by atoms with van der Waals surface area (Å²) < 4.78 is 32.3. The Morgan fingerprint density at radius 1 is 1.13 bits per heavy atom. The van der Waals surface area contributed by atoms with E-state index in [4.69, 9.17) is 4.74 Å². The molecular weight excluding hydrogens is 316 g/mol. The van der Waals surface area contributed by atoms with Crippen molar-refractivity contribution in [3.05, 3.63) is 24.3 Å². The van der Waals surface area contributed by atoms with Gasteiger partial charge in [-0.2, -0.15) is 4.31 Å². The molecule has 1 atom stereocenters. The van der Waals surface area contributed by atoms with Gasteiger partial charge in [-0.15, -0.1) is 0 Å². The van der Waals surface area contributed by atoms with Crippen molar-refractivity contribution in [1.82, 2.24) is 4.31 Å². The summed E-state index contributed by atoms with van der Waals surface area (Å²) in [6, 6.07) is 6.36. The minimum absolute atomic E-state index is 0.290. The highest BCUT2D eigenvalue weighted by atomic mass is 32.2. The molecule has 126 valence electrons. The van der Waals surface area contributed by atoms with Gasteiger partial charge in [0.25, 0.3) is 0 Å². The molecule has 0 aromatic heterocycles. The van der Waals surface area contributed by atoms with E-state index in [-0.39, 0.29) is 4.90 Å². The molecule has 1 unspecified atom stereocenters. The van der Waals surface area contributed by atoms with Crippen molar-refractivity contribution in [2.75, 3.05) is 31.6 Å². The molecule has 2 aliphatic heterocycles. The van der Waals surface area contributed by atoms with E-state index < -0.39 is 22.0 Å².